The SMILES string of the molecule is C.CCCCCCCCCCCCC(OC(=O)NCCCSOOO)c1ccco1. The number of hydrogen-bond acceptors (Lipinski definition) is 7. The zero-order valence-corrected chi connectivity index (χ0v) is 18.4. The number of hydrogen-bond donors (Lipinski definition) is 2. The van der Waals surface area contributed by atoms with Crippen LogP contribution in [0.25, 0.3) is 0 Å². The average molecular weight is 448 g/mol. The van der Waals surface area contributed by atoms with Crippen LogP contribution in [0.1, 0.15) is 103 Å². The molecule has 0 bridgehead atoms. The molecule has 1 atom stereocenters. The molecule has 0 aliphatic carbocycles. The summed E-state index contributed by atoms with van der Waals surface area (Å²) in [6.45, 7) is 2.69. The Morgan fingerprint density at radius 2 is 1.77 bits per heavy atom. The van der Waals surface area contributed by atoms with Crippen LogP contribution in [-0.2, 0) is 14.1 Å². The molecule has 0 aromatic carbocycles. The number of rotatable bonds is 19. The third-order valence-electron chi connectivity index (χ3n) is 4.68. The second kappa shape index (κ2) is 21.0. The Morgan fingerprint density at radius 3 is 2.37 bits per heavy atom. The van der Waals surface area contributed by atoms with E-state index in [0.717, 1.165) is 31.3 Å². The third-order valence-corrected chi connectivity index (χ3v) is 5.29. The van der Waals surface area contributed by atoms with Crippen LogP contribution >= 0.6 is 12.0 Å². The zero-order chi connectivity index (χ0) is 21.0. The van der Waals surface area contributed by atoms with Crippen LogP contribution in [-0.4, -0.2) is 23.6 Å². The summed E-state index contributed by atoms with van der Waals surface area (Å²) in [7, 11) is 0. The van der Waals surface area contributed by atoms with E-state index in [4.69, 9.17) is 14.4 Å². The molecule has 0 fully saturated rings. The summed E-state index contributed by atoms with van der Waals surface area (Å²) >= 11 is 0.961. The van der Waals surface area contributed by atoms with E-state index >= 15 is 0 Å². The van der Waals surface area contributed by atoms with Gasteiger partial charge in [0.25, 0.3) is 0 Å². The molecule has 2 N–H and O–H groups in total. The molecule has 0 radical (unpaired) electrons. The first-order chi connectivity index (χ1) is 14.3. The second-order valence-electron chi connectivity index (χ2n) is 7.12. The summed E-state index contributed by atoms with van der Waals surface area (Å²) in [6.07, 6.45) is 14.9. The first kappa shape index (κ1) is 28.8. The summed E-state index contributed by atoms with van der Waals surface area (Å²) in [5.41, 5.74) is 0. The molecule has 30 heavy (non-hydrogen) atoms. The van der Waals surface area contributed by atoms with Crippen molar-refractivity contribution < 1.29 is 28.6 Å². The van der Waals surface area contributed by atoms with Gasteiger partial charge in [0.2, 0.25) is 0 Å². The third kappa shape index (κ3) is 15.6. The van der Waals surface area contributed by atoms with Crippen LogP contribution in [0.2, 0.25) is 0 Å². The largest absolute Gasteiger partial charge is 0.465 e. The van der Waals surface area contributed by atoms with Crippen LogP contribution in [0.4, 0.5) is 4.79 Å². The van der Waals surface area contributed by atoms with Gasteiger partial charge in [-0.2, -0.15) is 0 Å². The van der Waals surface area contributed by atoms with Gasteiger partial charge in [-0.3, -0.25) is 0 Å². The highest BCUT2D eigenvalue weighted by Crippen LogP contribution is 2.25. The van der Waals surface area contributed by atoms with Crippen molar-refractivity contribution in [3.63, 3.8) is 0 Å². The van der Waals surface area contributed by atoms with Crippen LogP contribution in [0.15, 0.2) is 22.8 Å². The summed E-state index contributed by atoms with van der Waals surface area (Å²) in [6, 6.07) is 3.65. The maximum atomic E-state index is 12.0. The predicted octanol–water partition coefficient (Wildman–Crippen LogP) is 7.45. The molecular weight excluding hydrogens is 406 g/mol. The number of nitrogens with one attached hydrogen (secondary N) is 1. The fourth-order valence-corrected chi connectivity index (χ4v) is 3.47. The zero-order valence-electron chi connectivity index (χ0n) is 17.6. The quantitative estimate of drug-likeness (QED) is 0.0984. The summed E-state index contributed by atoms with van der Waals surface area (Å²) in [5, 5.41) is 14.2. The first-order valence-corrected chi connectivity index (χ1v) is 11.8. The number of furan rings is 1. The van der Waals surface area contributed by atoms with Crippen LogP contribution in [0.5, 0.6) is 0 Å². The average Bonchev–Trinajstić information content (AvgIpc) is 3.26. The Kier molecular flexibility index (Phi) is 20.2. The standard InChI is InChI=1S/C21H37NO6S.CH4/c1-2-3-4-5-6-7-8-9-10-11-14-20(19-15-12-17-25-19)26-21(23)22-16-13-18-29-28-27-24;/h12,15,17,20,24H,2-11,13-14,16,18H2,1H3,(H,22,23);1H4. The highest BCUT2D eigenvalue weighted by Gasteiger charge is 2.18. The van der Waals surface area contributed by atoms with E-state index < -0.39 is 6.09 Å². The lowest BCUT2D eigenvalue weighted by Gasteiger charge is -2.16. The molecule has 0 aliphatic heterocycles. The van der Waals surface area contributed by atoms with Gasteiger partial charge in [-0.25, -0.2) is 10.1 Å². The minimum absolute atomic E-state index is 0. The lowest BCUT2D eigenvalue weighted by atomic mass is 10.0. The second-order valence-corrected chi connectivity index (χ2v) is 7.90. The van der Waals surface area contributed by atoms with Gasteiger partial charge in [-0.1, -0.05) is 77.2 Å². The topological polar surface area (TPSA) is 90.2 Å². The fourth-order valence-electron chi connectivity index (χ4n) is 3.10. The number of ether oxygens (including phenoxy) is 1. The minimum Gasteiger partial charge on any atom is -0.465 e. The molecule has 0 aliphatic rings. The first-order valence-electron chi connectivity index (χ1n) is 10.9. The highest BCUT2D eigenvalue weighted by atomic mass is 32.2. The number of amides is 1. The molecule has 1 unspecified atom stereocenters. The Hall–Kier alpha value is -1.22. The molecule has 1 heterocycles. The van der Waals surface area contributed by atoms with E-state index in [1.54, 1.807) is 6.26 Å². The predicted molar refractivity (Wildman–Crippen MR) is 121 cm³/mol. The van der Waals surface area contributed by atoms with Crippen molar-refractivity contribution in [3.8, 4) is 0 Å². The fraction of sp³-hybridized carbons (Fsp3) is 0.773. The number of carbonyl (C=O) groups excluding carboxylic acids is 1. The Balaban J connectivity index is 0.00000841. The minimum atomic E-state index is -0.456. The maximum Gasteiger partial charge on any atom is 0.407 e. The van der Waals surface area contributed by atoms with Gasteiger partial charge in [0.15, 0.2) is 6.10 Å². The van der Waals surface area contributed by atoms with Crippen molar-refractivity contribution in [2.45, 2.75) is 97.5 Å². The van der Waals surface area contributed by atoms with E-state index in [9.17, 15) is 4.79 Å². The maximum absolute atomic E-state index is 12.0. The molecule has 7 nitrogen and oxygen atoms in total. The molecule has 0 saturated heterocycles. The smallest absolute Gasteiger partial charge is 0.407 e. The van der Waals surface area contributed by atoms with Crippen molar-refractivity contribution >= 4 is 18.1 Å². The monoisotopic (exact) mass is 447 g/mol. The van der Waals surface area contributed by atoms with Crippen LogP contribution in [0, 0.1) is 0 Å². The lowest BCUT2D eigenvalue weighted by molar-refractivity contribution is -0.432. The van der Waals surface area contributed by atoms with Crippen LogP contribution < -0.4 is 5.32 Å². The highest BCUT2D eigenvalue weighted by molar-refractivity contribution is 7.94. The van der Waals surface area contributed by atoms with Crippen LogP contribution in [0.3, 0.4) is 0 Å². The summed E-state index contributed by atoms with van der Waals surface area (Å²) < 4.78 is 15.3. The lowest BCUT2D eigenvalue weighted by Crippen LogP contribution is -2.27. The Labute approximate surface area is 186 Å². The normalized spacial score (nSPS) is 11.7. The summed E-state index contributed by atoms with van der Waals surface area (Å²) in [4.78, 5) is 12.0. The van der Waals surface area contributed by atoms with Crippen molar-refractivity contribution in [1.82, 2.24) is 5.32 Å². The summed E-state index contributed by atoms with van der Waals surface area (Å²) in [5.74, 6) is 1.25. The molecule has 176 valence electrons. The number of unbranched alkanes of at least 4 members (excludes halogenated alkanes) is 9. The van der Waals surface area contributed by atoms with Crippen molar-refractivity contribution in [2.75, 3.05) is 12.3 Å². The van der Waals surface area contributed by atoms with E-state index in [-0.39, 0.29) is 13.5 Å². The van der Waals surface area contributed by atoms with E-state index in [1.807, 2.05) is 12.1 Å². The molecule has 1 rings (SSSR count). The Morgan fingerprint density at radius 1 is 1.10 bits per heavy atom. The van der Waals surface area contributed by atoms with Crippen molar-refractivity contribution in [2.24, 2.45) is 0 Å². The molecule has 1 aromatic heterocycles. The van der Waals surface area contributed by atoms with Gasteiger partial charge >= 0.3 is 6.09 Å². The van der Waals surface area contributed by atoms with E-state index in [2.05, 4.69) is 21.6 Å². The molecular formula is C22H41NO6S. The molecule has 1 aromatic rings. The Bertz CT molecular complexity index is 486. The molecule has 0 saturated carbocycles. The van der Waals surface area contributed by atoms with Gasteiger partial charge in [-0.15, -0.1) is 4.33 Å². The van der Waals surface area contributed by atoms with Gasteiger partial charge in [0.05, 0.1) is 6.26 Å². The molecule has 0 spiro atoms. The van der Waals surface area contributed by atoms with Gasteiger partial charge in [-0.05, 0) is 31.4 Å². The van der Waals surface area contributed by atoms with Gasteiger partial charge in [0.1, 0.15) is 5.76 Å². The van der Waals surface area contributed by atoms with E-state index in [1.165, 1.54) is 51.4 Å². The van der Waals surface area contributed by atoms with Crippen molar-refractivity contribution in [1.29, 1.82) is 0 Å². The van der Waals surface area contributed by atoms with Gasteiger partial charge in [0, 0.05) is 24.3 Å². The van der Waals surface area contributed by atoms with Crippen molar-refractivity contribution in [3.05, 3.63) is 24.2 Å². The molecule has 8 heteroatoms. The van der Waals surface area contributed by atoms with Gasteiger partial charge < -0.3 is 14.5 Å². The molecule has 1 amide bonds. The number of carbonyl (C=O) groups is 1. The van der Waals surface area contributed by atoms with E-state index in [0.29, 0.717) is 24.5 Å². The number of alkyl carbamates (subject to hydrolysis) is 1.